The first-order chi connectivity index (χ1) is 19.9. The number of amides is 4. The Morgan fingerprint density at radius 3 is 2.59 bits per heavy atom. The van der Waals surface area contributed by atoms with Gasteiger partial charge in [0, 0.05) is 18.3 Å². The number of urea groups is 1. The minimum atomic E-state index is -0.365. The van der Waals surface area contributed by atoms with Crippen LogP contribution in [0.25, 0.3) is 10.2 Å². The Morgan fingerprint density at radius 2 is 1.83 bits per heavy atom. The molecule has 0 unspecified atom stereocenters. The molecule has 1 saturated carbocycles. The zero-order chi connectivity index (χ0) is 28.5. The second-order valence-corrected chi connectivity index (χ2v) is 11.2. The molecule has 4 N–H and O–H groups in total. The number of para-hydroxylation sites is 1. The Bertz CT molecular complexity index is 1640. The van der Waals surface area contributed by atoms with Gasteiger partial charge in [-0.25, -0.2) is 9.78 Å². The zero-order valence-electron chi connectivity index (χ0n) is 22.7. The molecule has 210 valence electrons. The first kappa shape index (κ1) is 26.7. The highest BCUT2D eigenvalue weighted by atomic mass is 32.1. The maximum Gasteiger partial charge on any atom is 0.331 e. The molecule has 0 saturated heterocycles. The van der Waals surface area contributed by atoms with Gasteiger partial charge in [-0.2, -0.15) is 0 Å². The summed E-state index contributed by atoms with van der Waals surface area (Å²) in [5.41, 5.74) is 2.66. The van der Waals surface area contributed by atoms with E-state index in [0.29, 0.717) is 32.5 Å². The molecule has 0 radical (unpaired) electrons. The minimum absolute atomic E-state index is 0.105. The monoisotopic (exact) mass is 570 g/mol. The largest absolute Gasteiger partial charge is 0.457 e. The molecule has 41 heavy (non-hydrogen) atoms. The van der Waals surface area contributed by atoms with Crippen LogP contribution in [0.1, 0.15) is 34.5 Å². The van der Waals surface area contributed by atoms with Gasteiger partial charge in [-0.05, 0) is 75.2 Å². The molecule has 1 aliphatic heterocycles. The SMILES string of the molecule is CNCC(=O)N[C@@H]1CCC[C@@H]1NC(=O)c1sc2nccc3c2c1NC(=O)N3c1ccc(Oc2ccccc2)cc1C. The lowest BCUT2D eigenvalue weighted by molar-refractivity contribution is -0.120. The van der Waals surface area contributed by atoms with Crippen LogP contribution in [0.5, 0.6) is 11.5 Å². The Balaban J connectivity index is 1.28. The number of hydrogen-bond acceptors (Lipinski definition) is 7. The lowest BCUT2D eigenvalue weighted by atomic mass is 10.1. The standard InChI is InChI=1S/C30H30N6O4S/c1-17-15-19(40-18-7-4-3-5-8-18)11-12-22(17)36-23-13-14-32-29-25(23)26(35-30(36)39)27(41-29)28(38)34-21-10-6-9-20(21)33-24(37)16-31-2/h3-5,7-8,11-15,20-21,31H,6,9-10,16H2,1-2H3,(H,33,37)(H,34,38)(H,35,39)/t20-,21+/m1/s1. The molecule has 3 heterocycles. The number of hydrogen-bond donors (Lipinski definition) is 4. The van der Waals surface area contributed by atoms with Crippen LogP contribution in [0.2, 0.25) is 0 Å². The summed E-state index contributed by atoms with van der Waals surface area (Å²) in [6.45, 7) is 2.14. The van der Waals surface area contributed by atoms with E-state index in [1.807, 2.05) is 55.5 Å². The number of nitrogens with one attached hydrogen (secondary N) is 4. The van der Waals surface area contributed by atoms with Gasteiger partial charge in [-0.1, -0.05) is 18.2 Å². The molecule has 2 aromatic carbocycles. The molecule has 2 aromatic heterocycles. The van der Waals surface area contributed by atoms with Crippen LogP contribution in [-0.4, -0.2) is 48.5 Å². The maximum atomic E-state index is 13.6. The van der Waals surface area contributed by atoms with Crippen molar-refractivity contribution in [3.63, 3.8) is 0 Å². The molecule has 2 atom stereocenters. The molecule has 11 heteroatoms. The number of aromatic nitrogens is 1. The van der Waals surface area contributed by atoms with Gasteiger partial charge < -0.3 is 26.0 Å². The van der Waals surface area contributed by atoms with Gasteiger partial charge in [0.05, 0.1) is 29.0 Å². The summed E-state index contributed by atoms with van der Waals surface area (Å²) in [4.78, 5) is 46.4. The average Bonchev–Trinajstić information content (AvgIpc) is 3.55. The summed E-state index contributed by atoms with van der Waals surface area (Å²) < 4.78 is 5.97. The van der Waals surface area contributed by atoms with Crippen molar-refractivity contribution in [2.75, 3.05) is 23.8 Å². The number of likely N-dealkylation sites (N-methyl/N-ethyl adjacent to an activating group) is 1. The molecule has 1 aliphatic carbocycles. The summed E-state index contributed by atoms with van der Waals surface area (Å²) in [6, 6.07) is 16.2. The third-order valence-corrected chi connectivity index (χ3v) is 8.45. The van der Waals surface area contributed by atoms with Gasteiger partial charge in [0.15, 0.2) is 0 Å². The molecule has 6 rings (SSSR count). The van der Waals surface area contributed by atoms with Gasteiger partial charge in [-0.3, -0.25) is 14.5 Å². The van der Waals surface area contributed by atoms with Crippen LogP contribution in [0.15, 0.2) is 60.8 Å². The predicted octanol–water partition coefficient (Wildman–Crippen LogP) is 5.07. The number of rotatable bonds is 8. The maximum absolute atomic E-state index is 13.6. The Kier molecular flexibility index (Phi) is 7.29. The Labute approximate surface area is 241 Å². The molecule has 10 nitrogen and oxygen atoms in total. The quantitative estimate of drug-likeness (QED) is 0.235. The first-order valence-electron chi connectivity index (χ1n) is 13.5. The van der Waals surface area contributed by atoms with Crippen molar-refractivity contribution < 1.29 is 19.1 Å². The number of ether oxygens (including phenoxy) is 1. The summed E-state index contributed by atoms with van der Waals surface area (Å²) in [5.74, 6) is 0.995. The summed E-state index contributed by atoms with van der Waals surface area (Å²) in [5, 5.41) is 12.6. The van der Waals surface area contributed by atoms with E-state index in [1.165, 1.54) is 11.3 Å². The summed E-state index contributed by atoms with van der Waals surface area (Å²) >= 11 is 1.24. The summed E-state index contributed by atoms with van der Waals surface area (Å²) in [7, 11) is 1.72. The highest BCUT2D eigenvalue weighted by Gasteiger charge is 2.35. The van der Waals surface area contributed by atoms with E-state index in [0.717, 1.165) is 36.0 Å². The molecule has 1 fully saturated rings. The normalized spacial score (nSPS) is 17.8. The van der Waals surface area contributed by atoms with Crippen molar-refractivity contribution in [2.45, 2.75) is 38.3 Å². The van der Waals surface area contributed by atoms with Crippen molar-refractivity contribution in [1.82, 2.24) is 20.9 Å². The third kappa shape index (κ3) is 5.21. The van der Waals surface area contributed by atoms with Gasteiger partial charge in [0.1, 0.15) is 21.2 Å². The Hall–Kier alpha value is -4.48. The lowest BCUT2D eigenvalue weighted by Gasteiger charge is -2.29. The van der Waals surface area contributed by atoms with Crippen molar-refractivity contribution in [2.24, 2.45) is 0 Å². The van der Waals surface area contributed by atoms with Gasteiger partial charge >= 0.3 is 6.03 Å². The molecular formula is C30H30N6O4S. The fraction of sp³-hybridized carbons (Fsp3) is 0.267. The number of carbonyl (C=O) groups is 3. The van der Waals surface area contributed by atoms with E-state index in [-0.39, 0.29) is 36.5 Å². The fourth-order valence-electron chi connectivity index (χ4n) is 5.51. The van der Waals surface area contributed by atoms with Crippen molar-refractivity contribution in [1.29, 1.82) is 0 Å². The number of pyridine rings is 1. The van der Waals surface area contributed by atoms with E-state index in [9.17, 15) is 14.4 Å². The van der Waals surface area contributed by atoms with E-state index in [2.05, 4.69) is 26.3 Å². The van der Waals surface area contributed by atoms with Crippen LogP contribution in [0.4, 0.5) is 21.9 Å². The third-order valence-electron chi connectivity index (χ3n) is 7.36. The van der Waals surface area contributed by atoms with Gasteiger partial charge in [-0.15, -0.1) is 11.3 Å². The van der Waals surface area contributed by atoms with Crippen LogP contribution in [0.3, 0.4) is 0 Å². The average molecular weight is 571 g/mol. The molecule has 2 aliphatic rings. The summed E-state index contributed by atoms with van der Waals surface area (Å²) in [6.07, 6.45) is 4.12. The highest BCUT2D eigenvalue weighted by molar-refractivity contribution is 7.21. The molecule has 0 bridgehead atoms. The predicted molar refractivity (Wildman–Crippen MR) is 159 cm³/mol. The number of carbonyl (C=O) groups excluding carboxylic acids is 3. The van der Waals surface area contributed by atoms with Crippen molar-refractivity contribution >= 4 is 56.5 Å². The van der Waals surface area contributed by atoms with E-state index in [1.54, 1.807) is 24.2 Å². The van der Waals surface area contributed by atoms with Crippen LogP contribution >= 0.6 is 11.3 Å². The molecule has 4 aromatic rings. The molecule has 0 spiro atoms. The van der Waals surface area contributed by atoms with E-state index < -0.39 is 0 Å². The minimum Gasteiger partial charge on any atom is -0.457 e. The zero-order valence-corrected chi connectivity index (χ0v) is 23.5. The number of benzene rings is 2. The smallest absolute Gasteiger partial charge is 0.331 e. The molecular weight excluding hydrogens is 540 g/mol. The second kappa shape index (κ2) is 11.2. The number of nitrogens with zero attached hydrogens (tertiary/aromatic N) is 2. The van der Waals surface area contributed by atoms with Gasteiger partial charge in [0.2, 0.25) is 5.91 Å². The Morgan fingerprint density at radius 1 is 1.05 bits per heavy atom. The van der Waals surface area contributed by atoms with Crippen LogP contribution in [0, 0.1) is 6.92 Å². The van der Waals surface area contributed by atoms with Crippen LogP contribution in [-0.2, 0) is 4.79 Å². The number of anilines is 3. The van der Waals surface area contributed by atoms with E-state index in [4.69, 9.17) is 4.74 Å². The molecule has 4 amide bonds. The topological polar surface area (TPSA) is 125 Å². The van der Waals surface area contributed by atoms with Crippen molar-refractivity contribution in [3.8, 4) is 11.5 Å². The highest BCUT2D eigenvalue weighted by Crippen LogP contribution is 2.46. The number of aryl methyl sites for hydroxylation is 1. The van der Waals surface area contributed by atoms with Crippen molar-refractivity contribution in [3.05, 3.63) is 71.2 Å². The second-order valence-electron chi connectivity index (χ2n) is 10.2. The van der Waals surface area contributed by atoms with E-state index >= 15 is 0 Å². The van der Waals surface area contributed by atoms with Gasteiger partial charge in [0.25, 0.3) is 5.91 Å². The fourth-order valence-corrected chi connectivity index (χ4v) is 6.53. The lowest BCUT2D eigenvalue weighted by Crippen LogP contribution is -2.50. The van der Waals surface area contributed by atoms with Crippen LogP contribution < -0.4 is 30.9 Å². The number of thiophene rings is 1. The first-order valence-corrected chi connectivity index (χ1v) is 14.4.